The summed E-state index contributed by atoms with van der Waals surface area (Å²) < 4.78 is 5.44. The number of likely N-dealkylation sites (tertiary alicyclic amines) is 1. The molecule has 2 heterocycles. The third-order valence-corrected chi connectivity index (χ3v) is 4.44. The smallest absolute Gasteiger partial charge is 0.231 e. The van der Waals surface area contributed by atoms with E-state index in [-0.39, 0.29) is 17.7 Å². The van der Waals surface area contributed by atoms with E-state index in [9.17, 15) is 9.59 Å². The van der Waals surface area contributed by atoms with E-state index >= 15 is 0 Å². The molecule has 3 N–H and O–H groups in total. The van der Waals surface area contributed by atoms with Crippen molar-refractivity contribution in [2.24, 2.45) is 17.6 Å². The Morgan fingerprint density at radius 2 is 2.00 bits per heavy atom. The molecule has 2 saturated heterocycles. The lowest BCUT2D eigenvalue weighted by Crippen LogP contribution is -2.43. The molecule has 2 rings (SSSR count). The van der Waals surface area contributed by atoms with E-state index in [4.69, 9.17) is 10.5 Å². The van der Waals surface area contributed by atoms with Crippen molar-refractivity contribution < 1.29 is 14.3 Å². The van der Waals surface area contributed by atoms with Crippen molar-refractivity contribution in [1.29, 1.82) is 0 Å². The van der Waals surface area contributed by atoms with Crippen molar-refractivity contribution in [3.05, 3.63) is 0 Å². The largest absolute Gasteiger partial charge is 0.381 e. The lowest BCUT2D eigenvalue weighted by Gasteiger charge is -2.30. The van der Waals surface area contributed by atoms with E-state index < -0.39 is 0 Å². The minimum absolute atomic E-state index is 0.0803. The molecule has 2 fully saturated rings. The molecule has 6 nitrogen and oxygen atoms in total. The summed E-state index contributed by atoms with van der Waals surface area (Å²) in [5, 5.41) is 3.05. The van der Waals surface area contributed by atoms with E-state index in [1.165, 1.54) is 6.42 Å². The molecule has 0 aliphatic carbocycles. The summed E-state index contributed by atoms with van der Waals surface area (Å²) in [5.41, 5.74) is 5.18. The average molecular weight is 297 g/mol. The van der Waals surface area contributed by atoms with E-state index in [0.717, 1.165) is 58.5 Å². The van der Waals surface area contributed by atoms with Gasteiger partial charge in [-0.15, -0.1) is 0 Å². The number of hydrogen-bond donors (Lipinski definition) is 2. The number of nitrogens with two attached hydrogens (primary N) is 1. The van der Waals surface area contributed by atoms with Crippen LogP contribution >= 0.6 is 0 Å². The molecule has 0 bridgehead atoms. The number of ether oxygens (including phenoxy) is 1. The molecular formula is C15H27N3O3. The first-order chi connectivity index (χ1) is 10.1. The molecule has 0 unspecified atom stereocenters. The molecule has 0 radical (unpaired) electrons. The van der Waals surface area contributed by atoms with Crippen LogP contribution in [0.15, 0.2) is 0 Å². The maximum absolute atomic E-state index is 12.1. The molecule has 6 heteroatoms. The van der Waals surface area contributed by atoms with Crippen LogP contribution in [0.4, 0.5) is 0 Å². The number of nitrogens with one attached hydrogen (secondary N) is 1. The minimum atomic E-state index is -0.299. The van der Waals surface area contributed by atoms with Crippen molar-refractivity contribution >= 4 is 11.8 Å². The predicted molar refractivity (Wildman–Crippen MR) is 79.5 cm³/mol. The molecule has 2 aliphatic rings. The highest BCUT2D eigenvalue weighted by molar-refractivity contribution is 5.79. The second-order valence-electron chi connectivity index (χ2n) is 6.18. The Morgan fingerprint density at radius 1 is 1.24 bits per heavy atom. The highest BCUT2D eigenvalue weighted by Crippen LogP contribution is 2.18. The zero-order valence-electron chi connectivity index (χ0n) is 12.7. The Balaban J connectivity index is 1.59. The van der Waals surface area contributed by atoms with Gasteiger partial charge in [0.2, 0.25) is 11.8 Å². The third-order valence-electron chi connectivity index (χ3n) is 4.44. The maximum atomic E-state index is 12.1. The van der Waals surface area contributed by atoms with Gasteiger partial charge in [0.15, 0.2) is 0 Å². The first-order valence-corrected chi connectivity index (χ1v) is 8.01. The van der Waals surface area contributed by atoms with Crippen molar-refractivity contribution in [3.8, 4) is 0 Å². The van der Waals surface area contributed by atoms with Crippen LogP contribution in [0.3, 0.4) is 0 Å². The van der Waals surface area contributed by atoms with Gasteiger partial charge in [0.25, 0.3) is 0 Å². The molecule has 21 heavy (non-hydrogen) atoms. The van der Waals surface area contributed by atoms with Crippen LogP contribution in [-0.2, 0) is 14.3 Å². The molecule has 0 aromatic carbocycles. The minimum Gasteiger partial charge on any atom is -0.381 e. The van der Waals surface area contributed by atoms with Crippen LogP contribution in [0, 0.1) is 11.8 Å². The zero-order valence-corrected chi connectivity index (χ0v) is 12.7. The number of piperidine rings is 1. The topological polar surface area (TPSA) is 84.7 Å². The average Bonchev–Trinajstić information content (AvgIpc) is 2.48. The molecule has 2 amide bonds. The number of primary amides is 1. The summed E-state index contributed by atoms with van der Waals surface area (Å²) in [6.07, 6.45) is 4.97. The van der Waals surface area contributed by atoms with Crippen molar-refractivity contribution in [2.45, 2.75) is 32.1 Å². The highest BCUT2D eigenvalue weighted by atomic mass is 16.5. The summed E-state index contributed by atoms with van der Waals surface area (Å²) >= 11 is 0. The van der Waals surface area contributed by atoms with Crippen LogP contribution < -0.4 is 11.1 Å². The van der Waals surface area contributed by atoms with Gasteiger partial charge in [0.05, 0.1) is 6.54 Å². The molecule has 2 aliphatic heterocycles. The van der Waals surface area contributed by atoms with Crippen molar-refractivity contribution in [2.75, 3.05) is 39.4 Å². The van der Waals surface area contributed by atoms with E-state index in [1.54, 1.807) is 0 Å². The van der Waals surface area contributed by atoms with Gasteiger partial charge in [-0.25, -0.2) is 0 Å². The summed E-state index contributed by atoms with van der Waals surface area (Å²) in [6.45, 7) is 4.31. The van der Waals surface area contributed by atoms with Gasteiger partial charge >= 0.3 is 0 Å². The normalized spacial score (nSPS) is 24.7. The quantitative estimate of drug-likeness (QED) is 0.729. The summed E-state index contributed by atoms with van der Waals surface area (Å²) in [6, 6.07) is 0. The number of amides is 2. The zero-order chi connectivity index (χ0) is 15.1. The first kappa shape index (κ1) is 16.2. The predicted octanol–water partition coefficient (Wildman–Crippen LogP) is 0.117. The standard InChI is InChI=1S/C15H27N3O3/c16-14(19)10-18-7-4-13(5-8-18)15(20)17-6-3-12-2-1-9-21-11-12/h12-13H,1-11H2,(H2,16,19)(H,17,20)/t12-/m0/s1. The van der Waals surface area contributed by atoms with E-state index in [1.807, 2.05) is 4.90 Å². The molecular weight excluding hydrogens is 270 g/mol. The Kier molecular flexibility index (Phi) is 6.45. The molecule has 0 spiro atoms. The van der Waals surface area contributed by atoms with Crippen LogP contribution in [0.2, 0.25) is 0 Å². The Bertz CT molecular complexity index is 348. The summed E-state index contributed by atoms with van der Waals surface area (Å²) in [5.74, 6) is 0.534. The van der Waals surface area contributed by atoms with Crippen LogP contribution in [0.5, 0.6) is 0 Å². The number of hydrogen-bond acceptors (Lipinski definition) is 4. The molecule has 0 aromatic rings. The number of carbonyl (C=O) groups is 2. The van der Waals surface area contributed by atoms with Crippen LogP contribution in [0.1, 0.15) is 32.1 Å². The fraction of sp³-hybridized carbons (Fsp3) is 0.867. The number of nitrogens with zero attached hydrogens (tertiary/aromatic N) is 1. The highest BCUT2D eigenvalue weighted by Gasteiger charge is 2.25. The summed E-state index contributed by atoms with van der Waals surface area (Å²) in [7, 11) is 0. The first-order valence-electron chi connectivity index (χ1n) is 8.01. The van der Waals surface area contributed by atoms with Crippen LogP contribution in [0.25, 0.3) is 0 Å². The molecule has 0 aromatic heterocycles. The molecule has 120 valence electrons. The van der Waals surface area contributed by atoms with Gasteiger partial charge in [0, 0.05) is 25.7 Å². The SMILES string of the molecule is NC(=O)CN1CCC(C(=O)NCC[C@@H]2CCCOC2)CC1. The Morgan fingerprint density at radius 3 is 2.62 bits per heavy atom. The second kappa shape index (κ2) is 8.34. The molecule has 0 saturated carbocycles. The van der Waals surface area contributed by atoms with E-state index in [0.29, 0.717) is 12.5 Å². The van der Waals surface area contributed by atoms with Gasteiger partial charge in [-0.1, -0.05) is 0 Å². The van der Waals surface area contributed by atoms with Gasteiger partial charge in [-0.2, -0.15) is 0 Å². The Labute approximate surface area is 126 Å². The lowest BCUT2D eigenvalue weighted by molar-refractivity contribution is -0.126. The lowest BCUT2D eigenvalue weighted by atomic mass is 9.95. The fourth-order valence-corrected chi connectivity index (χ4v) is 3.15. The number of carbonyl (C=O) groups excluding carboxylic acids is 2. The second-order valence-corrected chi connectivity index (χ2v) is 6.18. The Hall–Kier alpha value is -1.14. The molecule has 1 atom stereocenters. The fourth-order valence-electron chi connectivity index (χ4n) is 3.15. The van der Waals surface area contributed by atoms with E-state index in [2.05, 4.69) is 5.32 Å². The monoisotopic (exact) mass is 297 g/mol. The third kappa shape index (κ3) is 5.63. The van der Waals surface area contributed by atoms with Gasteiger partial charge in [-0.05, 0) is 51.1 Å². The van der Waals surface area contributed by atoms with Crippen molar-refractivity contribution in [1.82, 2.24) is 10.2 Å². The van der Waals surface area contributed by atoms with Gasteiger partial charge in [-0.3, -0.25) is 14.5 Å². The van der Waals surface area contributed by atoms with Gasteiger partial charge in [0.1, 0.15) is 0 Å². The van der Waals surface area contributed by atoms with Gasteiger partial charge < -0.3 is 15.8 Å². The number of rotatable bonds is 6. The van der Waals surface area contributed by atoms with Crippen molar-refractivity contribution in [3.63, 3.8) is 0 Å². The summed E-state index contributed by atoms with van der Waals surface area (Å²) in [4.78, 5) is 25.0. The van der Waals surface area contributed by atoms with Crippen LogP contribution in [-0.4, -0.2) is 56.1 Å². The maximum Gasteiger partial charge on any atom is 0.231 e.